The number of methoxy groups -OCH3 is 3. The minimum atomic E-state index is -1.02. The summed E-state index contributed by atoms with van der Waals surface area (Å²) < 4.78 is 14.3. The fourth-order valence-electron chi connectivity index (χ4n) is 11.2. The Labute approximate surface area is 615 Å². The number of Topliss-reactive ketones (excluding diaryl/α,β-unsaturated/α-hetero) is 3. The van der Waals surface area contributed by atoms with Gasteiger partial charge in [-0.2, -0.15) is 0 Å². The number of carboxylic acids is 1. The van der Waals surface area contributed by atoms with Gasteiger partial charge in [0.05, 0.1) is 70.1 Å². The second kappa shape index (κ2) is 48.0. The molecule has 9 aromatic carbocycles. The third-order valence-electron chi connectivity index (χ3n) is 16.7. The Hall–Kier alpha value is -11.0. The number of carbonyl (C=O) groups is 9. The summed E-state index contributed by atoms with van der Waals surface area (Å²) >= 11 is 4.64. The number of rotatable bonds is 33. The summed E-state index contributed by atoms with van der Waals surface area (Å²) in [4.78, 5) is 112. The number of carboxylic acid groups (broad SMARTS) is 1. The molecule has 0 aliphatic rings. The third-order valence-corrected chi connectivity index (χ3v) is 16.7. The van der Waals surface area contributed by atoms with Crippen LogP contribution in [0.25, 0.3) is 0 Å². The van der Waals surface area contributed by atoms with E-state index in [1.165, 1.54) is 27.7 Å². The lowest BCUT2D eigenvalue weighted by atomic mass is 9.90. The highest BCUT2D eigenvalue weighted by Gasteiger charge is 2.31. The summed E-state index contributed by atoms with van der Waals surface area (Å²) in [6.07, 6.45) is 4.55. The zero-order valence-electron chi connectivity index (χ0n) is 59.4. The van der Waals surface area contributed by atoms with Crippen LogP contribution < -0.4 is 22.1 Å². The molecule has 0 unspecified atom stereocenters. The number of benzene rings is 9. The van der Waals surface area contributed by atoms with E-state index in [0.29, 0.717) is 38.5 Å². The van der Waals surface area contributed by atoms with Gasteiger partial charge in [0.2, 0.25) is 11.8 Å². The second-order valence-electron chi connectivity index (χ2n) is 24.6. The van der Waals surface area contributed by atoms with Crippen molar-refractivity contribution in [2.24, 2.45) is 29.2 Å². The lowest BCUT2D eigenvalue weighted by molar-refractivity contribution is -0.147. The van der Waals surface area contributed by atoms with E-state index >= 15 is 0 Å². The molecule has 0 saturated carbocycles. The summed E-state index contributed by atoms with van der Waals surface area (Å²) in [5.74, 6) is -5.25. The number of nitrogens with one attached hydrogen (secondary N) is 2. The van der Waals surface area contributed by atoms with E-state index in [9.17, 15) is 48.3 Å². The summed E-state index contributed by atoms with van der Waals surface area (Å²) in [6.45, 7) is 0. The molecule has 9 rings (SSSR count). The number of ether oxygens (including phenoxy) is 3. The summed E-state index contributed by atoms with van der Waals surface area (Å²) in [5, 5.41) is 15.4. The highest BCUT2D eigenvalue weighted by molar-refractivity contribution is 6.15. The van der Waals surface area contributed by atoms with Crippen LogP contribution in [0.3, 0.4) is 0 Å². The van der Waals surface area contributed by atoms with Gasteiger partial charge >= 0.3 is 23.9 Å². The number of carbonyl (C=O) groups excluding carboxylic acids is 8. The Morgan fingerprint density at radius 3 is 0.798 bits per heavy atom. The number of esters is 3. The van der Waals surface area contributed by atoms with Crippen LogP contribution in [0, 0.1) is 17.8 Å². The van der Waals surface area contributed by atoms with Gasteiger partial charge in [0.15, 0.2) is 17.3 Å². The normalized spacial score (nSPS) is 12.4. The largest absolute Gasteiger partial charge is 0.481 e. The van der Waals surface area contributed by atoms with Crippen LogP contribution in [0.4, 0.5) is 0 Å². The van der Waals surface area contributed by atoms with Gasteiger partial charge in [-0.25, -0.2) is 0 Å². The first-order valence-electron chi connectivity index (χ1n) is 34.3. The van der Waals surface area contributed by atoms with Crippen molar-refractivity contribution in [1.29, 1.82) is 0 Å². The van der Waals surface area contributed by atoms with Crippen molar-refractivity contribution in [3.05, 3.63) is 323 Å². The molecule has 2 amide bonds. The number of amides is 2. The number of nitrogens with two attached hydrogens (primary N) is 2. The highest BCUT2D eigenvalue weighted by atomic mass is 35.5. The molecule has 104 heavy (non-hydrogen) atoms. The fraction of sp³-hybridized carbons (Fsp3) is 0.267. The van der Waals surface area contributed by atoms with Crippen molar-refractivity contribution < 1.29 is 62.5 Å². The molecule has 9 aromatic rings. The van der Waals surface area contributed by atoms with E-state index in [1.807, 2.05) is 273 Å². The number of hydrogen-bond donors (Lipinski definition) is 5. The Bertz CT molecular complexity index is 3980. The van der Waals surface area contributed by atoms with Gasteiger partial charge in [-0.05, 0) is 95.0 Å². The predicted octanol–water partition coefficient (Wildman–Crippen LogP) is 11.9. The summed E-state index contributed by atoms with van der Waals surface area (Å²) in [6, 6.07) is 82.6. The van der Waals surface area contributed by atoms with Gasteiger partial charge < -0.3 is 41.4 Å². The molecule has 17 nitrogen and oxygen atoms in total. The minimum absolute atomic E-state index is 0.00924. The third kappa shape index (κ3) is 32.3. The number of ketones is 3. The molecule has 0 heterocycles. The van der Waals surface area contributed by atoms with Gasteiger partial charge in [-0.1, -0.05) is 273 Å². The van der Waals surface area contributed by atoms with Crippen LogP contribution in [-0.2, 0) is 115 Å². The van der Waals surface area contributed by atoms with E-state index in [2.05, 4.69) is 27.0 Å². The molecular formula is C86H95ClN4O13. The molecule has 7 atom stereocenters. The summed E-state index contributed by atoms with van der Waals surface area (Å²) in [7, 11) is 4.01. The van der Waals surface area contributed by atoms with Gasteiger partial charge in [0.25, 0.3) is 0 Å². The standard InChI is InChI=1S/C28H29NO4.C27H27NO4.C20H23NO3.C10H13NO2.CH3Cl/c1-33-28(32)24(17-21-11-5-2-6-12-21)20-26(30)25(18-22-13-7-3-8-14-22)29-27(31)19-23-15-9-4-10-16-23;29-25(19-23(27(31)32)16-20-10-4-1-5-11-20)24(17-21-12-6-2-7-13-21)28-26(30)18-22-14-8-3-9-15-22;1-24-20(23)17(12-15-8-4-2-5-9-15)14-19(22)18(21)13-16-10-6-3-7-11-16;1-13-10(12)9(11)7-8-5-3-2-4-6-8;1-2/h2-16,24-25H,17-20H2,1H3,(H,29,31);1-15,23-24H,16-19H2,(H,28,30)(H,31,32);2-11,17-18H,12-14,21H2,1H3;2-6,9H,7,11H2,1H3;1H3/t24-,25+;23-,24+;17-,18+;9-;/m1110./s1. The molecular weight excluding hydrogens is 1330 g/mol. The number of alkyl halides is 1. The lowest BCUT2D eigenvalue weighted by Gasteiger charge is -2.21. The predicted molar refractivity (Wildman–Crippen MR) is 406 cm³/mol. The molecule has 0 bridgehead atoms. The number of aliphatic carboxylic acids is 1. The average molecular weight is 1430 g/mol. The van der Waals surface area contributed by atoms with Gasteiger partial charge in [0.1, 0.15) is 6.04 Å². The fourth-order valence-corrected chi connectivity index (χ4v) is 11.2. The van der Waals surface area contributed by atoms with Crippen molar-refractivity contribution in [2.75, 3.05) is 27.7 Å². The molecule has 7 N–H and O–H groups in total. The first-order valence-corrected chi connectivity index (χ1v) is 35.0. The second-order valence-corrected chi connectivity index (χ2v) is 24.6. The van der Waals surface area contributed by atoms with Gasteiger partial charge in [0, 0.05) is 25.6 Å². The van der Waals surface area contributed by atoms with E-state index in [0.717, 1.165) is 50.1 Å². The average Bonchev–Trinajstić information content (AvgIpc) is 0.877. The molecule has 0 aliphatic carbocycles. The number of hydrogen-bond acceptors (Lipinski definition) is 14. The van der Waals surface area contributed by atoms with E-state index in [1.54, 1.807) is 0 Å². The first-order chi connectivity index (χ1) is 50.4. The molecule has 0 aliphatic heterocycles. The zero-order chi connectivity index (χ0) is 75.3. The Balaban J connectivity index is 0.000000257. The maximum absolute atomic E-state index is 13.3. The van der Waals surface area contributed by atoms with Crippen molar-refractivity contribution in [2.45, 2.75) is 101 Å². The maximum Gasteiger partial charge on any atom is 0.322 e. The SMILES string of the molecule is CCl.COC(=O)[C@@H](CC(=O)[C@@H](N)Cc1ccccc1)Cc1ccccc1.COC(=O)[C@@H](CC(=O)[C@H](Cc1ccccc1)NC(=O)Cc1ccccc1)Cc1ccccc1.COC(=O)[C@@H](N)Cc1ccccc1.O=C(Cc1ccccc1)N[C@@H](Cc1ccccc1)C(=O)C[C@@H](Cc1ccccc1)C(=O)O. The first kappa shape index (κ1) is 83.7. The van der Waals surface area contributed by atoms with Crippen LogP contribution in [-0.4, -0.2) is 110 Å². The van der Waals surface area contributed by atoms with Gasteiger partial charge in [-0.15, -0.1) is 11.6 Å². The Kier molecular flexibility index (Phi) is 38.6. The number of halogens is 1. The lowest BCUT2D eigenvalue weighted by Crippen LogP contribution is -2.44. The van der Waals surface area contributed by atoms with Crippen LogP contribution >= 0.6 is 11.6 Å². The molecule has 0 radical (unpaired) electrons. The molecule has 0 spiro atoms. The van der Waals surface area contributed by atoms with Crippen LogP contribution in [0.2, 0.25) is 0 Å². The molecule has 544 valence electrons. The minimum Gasteiger partial charge on any atom is -0.481 e. The molecule has 18 heteroatoms. The van der Waals surface area contributed by atoms with Crippen molar-refractivity contribution >= 4 is 64.6 Å². The van der Waals surface area contributed by atoms with Crippen molar-refractivity contribution in [1.82, 2.24) is 10.6 Å². The van der Waals surface area contributed by atoms with E-state index in [4.69, 9.17) is 20.9 Å². The Morgan fingerprint density at radius 1 is 0.308 bits per heavy atom. The maximum atomic E-state index is 13.3. The monoisotopic (exact) mass is 1430 g/mol. The van der Waals surface area contributed by atoms with Crippen molar-refractivity contribution in [3.8, 4) is 0 Å². The van der Waals surface area contributed by atoms with E-state index in [-0.39, 0.29) is 79.6 Å². The van der Waals surface area contributed by atoms with Crippen molar-refractivity contribution in [3.63, 3.8) is 0 Å². The van der Waals surface area contributed by atoms with Crippen LogP contribution in [0.15, 0.2) is 273 Å². The highest BCUT2D eigenvalue weighted by Crippen LogP contribution is 2.21. The molecule has 0 aromatic heterocycles. The quantitative estimate of drug-likeness (QED) is 0.0145. The van der Waals surface area contributed by atoms with Crippen LogP contribution in [0.1, 0.15) is 69.3 Å². The molecule has 0 saturated heterocycles. The zero-order valence-corrected chi connectivity index (χ0v) is 60.1. The Morgan fingerprint density at radius 2 is 0.529 bits per heavy atom. The molecule has 0 fully saturated rings. The summed E-state index contributed by atoms with van der Waals surface area (Å²) in [5.41, 5.74) is 20.0. The van der Waals surface area contributed by atoms with E-state index < -0.39 is 53.9 Å². The van der Waals surface area contributed by atoms with Gasteiger partial charge in [-0.3, -0.25) is 43.2 Å². The smallest absolute Gasteiger partial charge is 0.322 e. The topological polar surface area (TPSA) is 278 Å². The van der Waals surface area contributed by atoms with Crippen LogP contribution in [0.5, 0.6) is 0 Å².